The van der Waals surface area contributed by atoms with Gasteiger partial charge in [-0.05, 0) is 64.5 Å². The predicted octanol–water partition coefficient (Wildman–Crippen LogP) is 10.5. The molecule has 0 aliphatic carbocycles. The summed E-state index contributed by atoms with van der Waals surface area (Å²) in [4.78, 5) is 0. The first kappa shape index (κ1) is 28.8. The van der Waals surface area contributed by atoms with E-state index in [0.29, 0.717) is 0 Å². The van der Waals surface area contributed by atoms with E-state index in [1.54, 1.807) is 0 Å². The average Bonchev–Trinajstić information content (AvgIpc) is 2.83. The number of benzene rings is 2. The van der Waals surface area contributed by atoms with Crippen LogP contribution in [0.2, 0.25) is 0 Å². The zero-order chi connectivity index (χ0) is 27.2. The summed E-state index contributed by atoms with van der Waals surface area (Å²) in [6.45, 7) is 20.8. The van der Waals surface area contributed by atoms with Crippen LogP contribution < -0.4 is 10.6 Å². The second-order valence-corrected chi connectivity index (χ2v) is 12.5. The minimum absolute atomic E-state index is 0.0234. The van der Waals surface area contributed by atoms with Gasteiger partial charge in [0.25, 0.3) is 0 Å². The lowest BCUT2D eigenvalue weighted by atomic mass is 9.76. The molecule has 1 aliphatic heterocycles. The predicted molar refractivity (Wildman–Crippen MR) is 165 cm³/mol. The van der Waals surface area contributed by atoms with Crippen LogP contribution in [0.3, 0.4) is 0 Å². The Morgan fingerprint density at radius 3 is 2.14 bits per heavy atom. The van der Waals surface area contributed by atoms with E-state index in [1.165, 1.54) is 50.5 Å². The van der Waals surface area contributed by atoms with Crippen LogP contribution in [-0.4, -0.2) is 0 Å². The lowest BCUT2D eigenvalue weighted by molar-refractivity contribution is 0.564. The SMILES string of the molecule is CCC/C=C(\Nc1cc(CCC)c(C(C)(C)C)cc1C(C)(C)C)C1=CNc2ccccc2/C1=C/CCC. The van der Waals surface area contributed by atoms with Crippen molar-refractivity contribution in [2.45, 2.75) is 112 Å². The van der Waals surface area contributed by atoms with Crippen molar-refractivity contribution in [1.82, 2.24) is 0 Å². The molecule has 0 bridgehead atoms. The Kier molecular flexibility index (Phi) is 9.51. The van der Waals surface area contributed by atoms with Crippen molar-refractivity contribution in [2.24, 2.45) is 0 Å². The molecule has 37 heavy (non-hydrogen) atoms. The van der Waals surface area contributed by atoms with Gasteiger partial charge in [0.1, 0.15) is 0 Å². The topological polar surface area (TPSA) is 24.1 Å². The van der Waals surface area contributed by atoms with Crippen LogP contribution in [-0.2, 0) is 17.3 Å². The van der Waals surface area contributed by atoms with Crippen molar-refractivity contribution < 1.29 is 0 Å². The fourth-order valence-electron chi connectivity index (χ4n) is 5.15. The van der Waals surface area contributed by atoms with Crippen LogP contribution in [0.5, 0.6) is 0 Å². The Balaban J connectivity index is 2.18. The summed E-state index contributed by atoms with van der Waals surface area (Å²) in [5, 5.41) is 7.57. The fourth-order valence-corrected chi connectivity index (χ4v) is 5.15. The van der Waals surface area contributed by atoms with Crippen molar-refractivity contribution in [3.8, 4) is 0 Å². The monoisotopic (exact) mass is 498 g/mol. The Morgan fingerprint density at radius 1 is 0.838 bits per heavy atom. The second kappa shape index (κ2) is 12.2. The average molecular weight is 499 g/mol. The molecule has 3 rings (SSSR count). The third-order valence-corrected chi connectivity index (χ3v) is 7.09. The number of nitrogens with one attached hydrogen (secondary N) is 2. The van der Waals surface area contributed by atoms with Gasteiger partial charge in [0.15, 0.2) is 0 Å². The van der Waals surface area contributed by atoms with Gasteiger partial charge >= 0.3 is 0 Å². The molecule has 0 fully saturated rings. The van der Waals surface area contributed by atoms with E-state index in [-0.39, 0.29) is 10.8 Å². The van der Waals surface area contributed by atoms with Gasteiger partial charge in [0.2, 0.25) is 0 Å². The Hall–Kier alpha value is -2.74. The molecule has 2 nitrogen and oxygen atoms in total. The Labute approximate surface area is 227 Å². The van der Waals surface area contributed by atoms with Gasteiger partial charge in [-0.3, -0.25) is 0 Å². The standard InChI is InChI=1S/C35H50N2/c1-10-13-18-26-27-19-15-16-21-31(27)36-24-28(26)32(20-14-11-2)37-33-22-25(17-12-3)29(34(4,5)6)23-30(33)35(7,8)9/h15-16,18-24,36-37H,10-14,17H2,1-9H3/b26-18-,32-20-. The van der Waals surface area contributed by atoms with Crippen molar-refractivity contribution in [1.29, 1.82) is 0 Å². The van der Waals surface area contributed by atoms with Gasteiger partial charge in [-0.15, -0.1) is 0 Å². The zero-order valence-corrected chi connectivity index (χ0v) is 24.9. The molecule has 0 spiro atoms. The summed E-state index contributed by atoms with van der Waals surface area (Å²) < 4.78 is 0. The molecule has 0 aromatic heterocycles. The second-order valence-electron chi connectivity index (χ2n) is 12.5. The van der Waals surface area contributed by atoms with Crippen LogP contribution in [0.4, 0.5) is 11.4 Å². The van der Waals surface area contributed by atoms with Crippen LogP contribution in [0.15, 0.2) is 66.0 Å². The maximum atomic E-state index is 3.99. The van der Waals surface area contributed by atoms with E-state index in [4.69, 9.17) is 0 Å². The highest BCUT2D eigenvalue weighted by Gasteiger charge is 2.27. The smallest absolute Gasteiger partial charge is 0.0459 e. The lowest BCUT2D eigenvalue weighted by Gasteiger charge is -2.32. The minimum atomic E-state index is 0.0234. The molecule has 0 unspecified atom stereocenters. The first-order chi connectivity index (χ1) is 17.5. The molecule has 200 valence electrons. The molecular formula is C35H50N2. The Bertz CT molecular complexity index is 1160. The largest absolute Gasteiger partial charge is 0.360 e. The van der Waals surface area contributed by atoms with E-state index in [1.807, 2.05) is 0 Å². The molecule has 1 heterocycles. The number of allylic oxidation sites excluding steroid dienone is 3. The zero-order valence-electron chi connectivity index (χ0n) is 24.9. The van der Waals surface area contributed by atoms with Gasteiger partial charge in [-0.2, -0.15) is 0 Å². The van der Waals surface area contributed by atoms with E-state index in [2.05, 4.69) is 128 Å². The lowest BCUT2D eigenvalue weighted by Crippen LogP contribution is -2.21. The number of aryl methyl sites for hydroxylation is 1. The van der Waals surface area contributed by atoms with Crippen LogP contribution in [0, 0.1) is 0 Å². The molecule has 2 aromatic carbocycles. The van der Waals surface area contributed by atoms with Crippen molar-refractivity contribution in [3.63, 3.8) is 0 Å². The van der Waals surface area contributed by atoms with Crippen LogP contribution in [0.1, 0.15) is 117 Å². The van der Waals surface area contributed by atoms with Crippen LogP contribution >= 0.6 is 0 Å². The summed E-state index contributed by atoms with van der Waals surface area (Å²) in [6, 6.07) is 13.6. The first-order valence-corrected chi connectivity index (χ1v) is 14.4. The first-order valence-electron chi connectivity index (χ1n) is 14.4. The van der Waals surface area contributed by atoms with Crippen LogP contribution in [0.25, 0.3) is 5.57 Å². The molecule has 0 atom stereocenters. The minimum Gasteiger partial charge on any atom is -0.360 e. The summed E-state index contributed by atoms with van der Waals surface area (Å²) >= 11 is 0. The summed E-state index contributed by atoms with van der Waals surface area (Å²) in [5.41, 5.74) is 11.9. The molecule has 0 radical (unpaired) electrons. The maximum Gasteiger partial charge on any atom is 0.0459 e. The van der Waals surface area contributed by atoms with Crippen molar-refractivity contribution in [3.05, 3.63) is 88.3 Å². The number of rotatable bonds is 9. The third kappa shape index (κ3) is 6.98. The van der Waals surface area contributed by atoms with E-state index < -0.39 is 0 Å². The van der Waals surface area contributed by atoms with Gasteiger partial charge < -0.3 is 10.6 Å². The van der Waals surface area contributed by atoms with Crippen molar-refractivity contribution in [2.75, 3.05) is 10.6 Å². The van der Waals surface area contributed by atoms with Crippen molar-refractivity contribution >= 4 is 16.9 Å². The number of hydrogen-bond acceptors (Lipinski definition) is 2. The summed E-state index contributed by atoms with van der Waals surface area (Å²) in [7, 11) is 0. The number of para-hydroxylation sites is 1. The molecule has 1 aliphatic rings. The third-order valence-electron chi connectivity index (χ3n) is 7.09. The van der Waals surface area contributed by atoms with Gasteiger partial charge in [0.05, 0.1) is 0 Å². The summed E-state index contributed by atoms with van der Waals surface area (Å²) in [6.07, 6.45) is 13.6. The molecular weight excluding hydrogens is 448 g/mol. The highest BCUT2D eigenvalue weighted by atomic mass is 14.9. The van der Waals surface area contributed by atoms with E-state index in [9.17, 15) is 0 Å². The quantitative estimate of drug-likeness (QED) is 0.359. The van der Waals surface area contributed by atoms with E-state index >= 15 is 0 Å². The van der Waals surface area contributed by atoms with Gasteiger partial charge in [-0.1, -0.05) is 118 Å². The summed E-state index contributed by atoms with van der Waals surface area (Å²) in [5.74, 6) is 0. The molecule has 0 saturated carbocycles. The highest BCUT2D eigenvalue weighted by molar-refractivity contribution is 5.93. The number of anilines is 2. The molecule has 0 amide bonds. The number of fused-ring (bicyclic) bond motifs is 1. The number of hydrogen-bond donors (Lipinski definition) is 2. The normalized spacial score (nSPS) is 15.3. The molecule has 2 heteroatoms. The molecule has 2 aromatic rings. The van der Waals surface area contributed by atoms with E-state index in [0.717, 1.165) is 38.5 Å². The van der Waals surface area contributed by atoms with Gasteiger partial charge in [-0.25, -0.2) is 0 Å². The fraction of sp³-hybridized carbons (Fsp3) is 0.486. The van der Waals surface area contributed by atoms with Gasteiger partial charge in [0, 0.05) is 34.4 Å². The molecule has 2 N–H and O–H groups in total. The Morgan fingerprint density at radius 2 is 1.51 bits per heavy atom. The maximum absolute atomic E-state index is 3.99. The number of unbranched alkanes of at least 4 members (excludes halogenated alkanes) is 2. The highest BCUT2D eigenvalue weighted by Crippen LogP contribution is 2.41. The molecule has 0 saturated heterocycles.